The van der Waals surface area contributed by atoms with Crippen molar-refractivity contribution in [1.29, 1.82) is 0 Å². The number of likely N-dealkylation sites (tertiary alicyclic amines) is 1. The van der Waals surface area contributed by atoms with E-state index >= 15 is 0 Å². The maximum atomic E-state index is 6.18. The lowest BCUT2D eigenvalue weighted by atomic mass is 9.79. The molecule has 1 saturated carbocycles. The van der Waals surface area contributed by atoms with Crippen molar-refractivity contribution in [3.8, 4) is 0 Å². The highest BCUT2D eigenvalue weighted by atomic mass is 16.5. The quantitative estimate of drug-likeness (QED) is 0.760. The number of ether oxygens (including phenoxy) is 1. The van der Waals surface area contributed by atoms with Crippen molar-refractivity contribution in [3.05, 3.63) is 0 Å². The minimum atomic E-state index is 0.392. The smallest absolute Gasteiger partial charge is 0.0702 e. The summed E-state index contributed by atoms with van der Waals surface area (Å²) in [7, 11) is 0. The summed E-state index contributed by atoms with van der Waals surface area (Å²) in [6, 6.07) is 0. The second-order valence-electron chi connectivity index (χ2n) is 6.99. The molecule has 2 rings (SSSR count). The molecule has 0 amide bonds. The summed E-state index contributed by atoms with van der Waals surface area (Å²) in [6.45, 7) is 7.55. The van der Waals surface area contributed by atoms with Crippen LogP contribution in [-0.2, 0) is 4.74 Å². The van der Waals surface area contributed by atoms with Gasteiger partial charge in [-0.25, -0.2) is 0 Å². The number of hydrogen-bond acceptors (Lipinski definition) is 3. The number of nitrogens with two attached hydrogens (primary N) is 1. The summed E-state index contributed by atoms with van der Waals surface area (Å²) in [4.78, 5) is 2.64. The van der Waals surface area contributed by atoms with Gasteiger partial charge in [0.05, 0.1) is 6.10 Å². The zero-order valence-corrected chi connectivity index (χ0v) is 13.4. The fraction of sp³-hybridized carbons (Fsp3) is 1.00. The molecule has 3 nitrogen and oxygen atoms in total. The second kappa shape index (κ2) is 8.35. The fourth-order valence-corrected chi connectivity index (χ4v) is 3.96. The van der Waals surface area contributed by atoms with E-state index in [1.54, 1.807) is 0 Å². The van der Waals surface area contributed by atoms with Crippen LogP contribution in [0.3, 0.4) is 0 Å². The molecule has 1 atom stereocenters. The van der Waals surface area contributed by atoms with Gasteiger partial charge in [-0.15, -0.1) is 0 Å². The molecule has 0 aromatic heterocycles. The van der Waals surface area contributed by atoms with Gasteiger partial charge in [-0.2, -0.15) is 0 Å². The average Bonchev–Trinajstić information content (AvgIpc) is 2.72. The van der Waals surface area contributed by atoms with Crippen molar-refractivity contribution in [1.82, 2.24) is 4.90 Å². The maximum Gasteiger partial charge on any atom is 0.0702 e. The second-order valence-corrected chi connectivity index (χ2v) is 6.99. The summed E-state index contributed by atoms with van der Waals surface area (Å²) in [5, 5.41) is 0. The zero-order chi connectivity index (χ0) is 14.3. The summed E-state index contributed by atoms with van der Waals surface area (Å²) in [6.07, 6.45) is 12.4. The minimum Gasteiger partial charge on any atom is -0.377 e. The molecule has 2 fully saturated rings. The Labute approximate surface area is 125 Å². The van der Waals surface area contributed by atoms with E-state index in [2.05, 4.69) is 11.8 Å². The van der Waals surface area contributed by atoms with E-state index in [1.807, 2.05) is 0 Å². The van der Waals surface area contributed by atoms with Crippen LogP contribution in [0.1, 0.15) is 64.7 Å². The van der Waals surface area contributed by atoms with E-state index in [1.165, 1.54) is 64.5 Å². The van der Waals surface area contributed by atoms with Crippen molar-refractivity contribution in [2.45, 2.75) is 70.8 Å². The van der Waals surface area contributed by atoms with E-state index in [4.69, 9.17) is 10.5 Å². The van der Waals surface area contributed by atoms with Gasteiger partial charge in [0.2, 0.25) is 0 Å². The Balaban J connectivity index is 1.86. The van der Waals surface area contributed by atoms with E-state index in [0.29, 0.717) is 11.5 Å². The highest BCUT2D eigenvalue weighted by Gasteiger charge is 2.33. The van der Waals surface area contributed by atoms with E-state index < -0.39 is 0 Å². The van der Waals surface area contributed by atoms with E-state index in [9.17, 15) is 0 Å². The topological polar surface area (TPSA) is 38.5 Å². The largest absolute Gasteiger partial charge is 0.377 e. The van der Waals surface area contributed by atoms with Crippen LogP contribution in [0.4, 0.5) is 0 Å². The number of piperidine rings is 1. The van der Waals surface area contributed by atoms with Gasteiger partial charge in [0, 0.05) is 19.7 Å². The van der Waals surface area contributed by atoms with Crippen LogP contribution < -0.4 is 5.73 Å². The molecule has 2 N–H and O–H groups in total. The lowest BCUT2D eigenvalue weighted by Crippen LogP contribution is -2.48. The third-order valence-electron chi connectivity index (χ3n) is 5.18. The van der Waals surface area contributed by atoms with Gasteiger partial charge >= 0.3 is 0 Å². The molecule has 0 radical (unpaired) electrons. The Hall–Kier alpha value is -0.120. The molecule has 2 aliphatic rings. The SMILES string of the molecule is CCCOC1CCCN(CC2(CN)CCCCCC2)C1. The monoisotopic (exact) mass is 282 g/mol. The minimum absolute atomic E-state index is 0.392. The van der Waals surface area contributed by atoms with Crippen molar-refractivity contribution >= 4 is 0 Å². The summed E-state index contributed by atoms with van der Waals surface area (Å²) >= 11 is 0. The lowest BCUT2D eigenvalue weighted by Gasteiger charge is -2.40. The molecule has 1 saturated heterocycles. The Morgan fingerprint density at radius 3 is 2.55 bits per heavy atom. The molecule has 1 aliphatic heterocycles. The molecule has 1 aliphatic carbocycles. The van der Waals surface area contributed by atoms with Crippen LogP contribution in [0.25, 0.3) is 0 Å². The molecule has 3 heteroatoms. The van der Waals surface area contributed by atoms with Crippen molar-refractivity contribution in [3.63, 3.8) is 0 Å². The zero-order valence-electron chi connectivity index (χ0n) is 13.4. The molecular weight excluding hydrogens is 248 g/mol. The highest BCUT2D eigenvalue weighted by molar-refractivity contribution is 4.87. The third-order valence-corrected chi connectivity index (χ3v) is 5.18. The van der Waals surface area contributed by atoms with Gasteiger partial charge in [0.25, 0.3) is 0 Å². The van der Waals surface area contributed by atoms with Crippen LogP contribution in [-0.4, -0.2) is 43.8 Å². The van der Waals surface area contributed by atoms with Crippen LogP contribution in [0.15, 0.2) is 0 Å². The first-order valence-electron chi connectivity index (χ1n) is 8.82. The van der Waals surface area contributed by atoms with Crippen molar-refractivity contribution < 1.29 is 4.74 Å². The molecule has 20 heavy (non-hydrogen) atoms. The first kappa shape index (κ1) is 16.3. The van der Waals surface area contributed by atoms with E-state index in [0.717, 1.165) is 26.1 Å². The Bertz CT molecular complexity index is 262. The number of rotatable bonds is 6. The third kappa shape index (κ3) is 4.71. The molecule has 0 aromatic carbocycles. The normalized spacial score (nSPS) is 28.2. The molecule has 1 heterocycles. The van der Waals surface area contributed by atoms with Gasteiger partial charge in [-0.1, -0.05) is 32.6 Å². The van der Waals surface area contributed by atoms with Gasteiger partial charge in [0.1, 0.15) is 0 Å². The molecule has 1 unspecified atom stereocenters. The fourth-order valence-electron chi connectivity index (χ4n) is 3.96. The number of hydrogen-bond donors (Lipinski definition) is 1. The lowest BCUT2D eigenvalue weighted by molar-refractivity contribution is -0.0128. The van der Waals surface area contributed by atoms with Crippen molar-refractivity contribution in [2.75, 3.05) is 32.8 Å². The van der Waals surface area contributed by atoms with Gasteiger partial charge in [0.15, 0.2) is 0 Å². The summed E-state index contributed by atoms with van der Waals surface area (Å²) < 4.78 is 5.97. The summed E-state index contributed by atoms with van der Waals surface area (Å²) in [5.74, 6) is 0. The van der Waals surface area contributed by atoms with E-state index in [-0.39, 0.29) is 0 Å². The van der Waals surface area contributed by atoms with Crippen LogP contribution in [0.5, 0.6) is 0 Å². The van der Waals surface area contributed by atoms with Crippen molar-refractivity contribution in [2.24, 2.45) is 11.1 Å². The first-order chi connectivity index (χ1) is 9.78. The molecule has 0 aromatic rings. The van der Waals surface area contributed by atoms with Gasteiger partial charge in [-0.3, -0.25) is 0 Å². The predicted octanol–water partition coefficient (Wildman–Crippen LogP) is 3.18. The van der Waals surface area contributed by atoms with Crippen LogP contribution >= 0.6 is 0 Å². The van der Waals surface area contributed by atoms with Crippen LogP contribution in [0.2, 0.25) is 0 Å². The Morgan fingerprint density at radius 2 is 1.90 bits per heavy atom. The highest BCUT2D eigenvalue weighted by Crippen LogP contribution is 2.35. The molecule has 118 valence electrons. The first-order valence-corrected chi connectivity index (χ1v) is 8.82. The maximum absolute atomic E-state index is 6.18. The molecule has 0 bridgehead atoms. The van der Waals surface area contributed by atoms with Crippen LogP contribution in [0, 0.1) is 5.41 Å². The Kier molecular flexibility index (Phi) is 6.79. The molecular formula is C17H34N2O. The standard InChI is InChI=1S/C17H34N2O/c1-2-12-20-16-8-7-11-19(13-16)15-17(14-18)9-5-3-4-6-10-17/h16H,2-15,18H2,1H3. The predicted molar refractivity (Wildman–Crippen MR) is 84.9 cm³/mol. The average molecular weight is 282 g/mol. The van der Waals surface area contributed by atoms with Gasteiger partial charge < -0.3 is 15.4 Å². The summed E-state index contributed by atoms with van der Waals surface area (Å²) in [5.41, 5.74) is 6.57. The Morgan fingerprint density at radius 1 is 1.15 bits per heavy atom. The van der Waals surface area contributed by atoms with Gasteiger partial charge in [-0.05, 0) is 50.6 Å². The number of nitrogens with zero attached hydrogens (tertiary/aromatic N) is 1. The molecule has 0 spiro atoms.